The van der Waals surface area contributed by atoms with Crippen molar-refractivity contribution in [3.8, 4) is 0 Å². The summed E-state index contributed by atoms with van der Waals surface area (Å²) in [6.45, 7) is 1.75. The van der Waals surface area contributed by atoms with Crippen LogP contribution in [0.2, 0.25) is 5.02 Å². The lowest BCUT2D eigenvalue weighted by Crippen LogP contribution is -2.25. The third kappa shape index (κ3) is 2.89. The van der Waals surface area contributed by atoms with Crippen LogP contribution in [0.4, 0.5) is 4.39 Å². The van der Waals surface area contributed by atoms with Gasteiger partial charge in [-0.25, -0.2) is 4.39 Å². The topological polar surface area (TPSA) is 34.1 Å². The van der Waals surface area contributed by atoms with Gasteiger partial charge in [-0.05, 0) is 18.6 Å². The lowest BCUT2D eigenvalue weighted by atomic mass is 10.0. The van der Waals surface area contributed by atoms with Crippen molar-refractivity contribution in [1.82, 2.24) is 0 Å². The Balaban J connectivity index is 2.86. The first-order valence-corrected chi connectivity index (χ1v) is 5.41. The molecule has 0 saturated carbocycles. The van der Waals surface area contributed by atoms with Gasteiger partial charge >= 0.3 is 0 Å². The summed E-state index contributed by atoms with van der Waals surface area (Å²) in [4.78, 5) is 22.8. The van der Waals surface area contributed by atoms with E-state index in [0.29, 0.717) is 6.42 Å². The number of alkyl halides is 1. The number of ketones is 2. The molecular formula is C12H12ClFO2. The molecule has 0 aromatic heterocycles. The van der Waals surface area contributed by atoms with Crippen molar-refractivity contribution in [3.05, 3.63) is 34.9 Å². The standard InChI is InChI=1S/C12H12ClFO2/c1-2-5-10(15)11(14)12(16)8-6-3-4-7-9(8)13/h3-4,6-7,11H,2,5H2,1H3. The maximum absolute atomic E-state index is 13.5. The predicted molar refractivity (Wildman–Crippen MR) is 60.6 cm³/mol. The van der Waals surface area contributed by atoms with E-state index in [1.54, 1.807) is 19.1 Å². The van der Waals surface area contributed by atoms with Crippen molar-refractivity contribution >= 4 is 23.2 Å². The summed E-state index contributed by atoms with van der Waals surface area (Å²) in [6.07, 6.45) is -1.51. The molecule has 0 spiro atoms. The van der Waals surface area contributed by atoms with Gasteiger partial charge in [0, 0.05) is 12.0 Å². The highest BCUT2D eigenvalue weighted by Gasteiger charge is 2.27. The van der Waals surface area contributed by atoms with Gasteiger partial charge in [0.2, 0.25) is 12.0 Å². The van der Waals surface area contributed by atoms with Crippen molar-refractivity contribution < 1.29 is 14.0 Å². The number of hydrogen-bond acceptors (Lipinski definition) is 2. The molecule has 0 radical (unpaired) electrons. The molecule has 0 saturated heterocycles. The number of carbonyl (C=O) groups is 2. The molecule has 0 heterocycles. The fourth-order valence-corrected chi connectivity index (χ4v) is 1.55. The van der Waals surface area contributed by atoms with Gasteiger partial charge in [-0.3, -0.25) is 9.59 Å². The molecular weight excluding hydrogens is 231 g/mol. The summed E-state index contributed by atoms with van der Waals surface area (Å²) in [5, 5.41) is 0.166. The SMILES string of the molecule is CCCC(=O)C(F)C(=O)c1ccccc1Cl. The van der Waals surface area contributed by atoms with Gasteiger partial charge in [0.15, 0.2) is 5.78 Å². The van der Waals surface area contributed by atoms with Gasteiger partial charge < -0.3 is 0 Å². The molecule has 1 rings (SSSR count). The minimum absolute atomic E-state index is 0.0566. The third-order valence-corrected chi connectivity index (χ3v) is 2.48. The van der Waals surface area contributed by atoms with Crippen LogP contribution in [0.1, 0.15) is 30.1 Å². The quantitative estimate of drug-likeness (QED) is 0.587. The van der Waals surface area contributed by atoms with Gasteiger partial charge in [0.05, 0.1) is 5.02 Å². The van der Waals surface area contributed by atoms with Crippen LogP contribution in [0.25, 0.3) is 0 Å². The van der Waals surface area contributed by atoms with E-state index in [4.69, 9.17) is 11.6 Å². The molecule has 2 nitrogen and oxygen atoms in total. The average molecular weight is 243 g/mol. The lowest BCUT2D eigenvalue weighted by Gasteiger charge is -2.06. The molecule has 86 valence electrons. The van der Waals surface area contributed by atoms with Crippen LogP contribution in [-0.4, -0.2) is 17.7 Å². The fourth-order valence-electron chi connectivity index (χ4n) is 1.32. The second kappa shape index (κ2) is 5.75. The molecule has 0 fully saturated rings. The van der Waals surface area contributed by atoms with Crippen molar-refractivity contribution in [2.75, 3.05) is 0 Å². The first kappa shape index (κ1) is 12.8. The molecule has 1 aromatic rings. The van der Waals surface area contributed by atoms with E-state index in [0.717, 1.165) is 0 Å². The molecule has 0 aliphatic rings. The maximum atomic E-state index is 13.5. The second-order valence-corrected chi connectivity index (χ2v) is 3.83. The van der Waals surface area contributed by atoms with Crippen molar-refractivity contribution in [2.45, 2.75) is 25.9 Å². The first-order chi connectivity index (χ1) is 7.57. The molecule has 16 heavy (non-hydrogen) atoms. The van der Waals surface area contributed by atoms with E-state index in [2.05, 4.69) is 0 Å². The van der Waals surface area contributed by atoms with E-state index in [1.165, 1.54) is 12.1 Å². The Morgan fingerprint density at radius 1 is 1.38 bits per heavy atom. The molecule has 0 bridgehead atoms. The lowest BCUT2D eigenvalue weighted by molar-refractivity contribution is -0.122. The summed E-state index contributed by atoms with van der Waals surface area (Å²) in [5.41, 5.74) is 0.0566. The van der Waals surface area contributed by atoms with Crippen molar-refractivity contribution in [1.29, 1.82) is 0 Å². The largest absolute Gasteiger partial charge is 0.296 e. The van der Waals surface area contributed by atoms with Gasteiger partial charge in [-0.2, -0.15) is 0 Å². The normalized spacial score (nSPS) is 12.2. The highest BCUT2D eigenvalue weighted by atomic mass is 35.5. The molecule has 4 heteroatoms. The highest BCUT2D eigenvalue weighted by Crippen LogP contribution is 2.18. The van der Waals surface area contributed by atoms with E-state index in [-0.39, 0.29) is 17.0 Å². The number of benzene rings is 1. The zero-order chi connectivity index (χ0) is 12.1. The smallest absolute Gasteiger partial charge is 0.220 e. The number of Topliss-reactive ketones (excluding diaryl/α,β-unsaturated/α-hetero) is 2. The molecule has 1 atom stereocenters. The first-order valence-electron chi connectivity index (χ1n) is 5.03. The Labute approximate surface area is 98.4 Å². The Bertz CT molecular complexity index is 404. The second-order valence-electron chi connectivity index (χ2n) is 3.42. The summed E-state index contributed by atoms with van der Waals surface area (Å²) in [7, 11) is 0. The van der Waals surface area contributed by atoms with E-state index in [9.17, 15) is 14.0 Å². The fraction of sp³-hybridized carbons (Fsp3) is 0.333. The molecule has 0 amide bonds. The number of rotatable bonds is 5. The molecule has 0 aliphatic heterocycles. The van der Waals surface area contributed by atoms with Gasteiger partial charge in [-0.15, -0.1) is 0 Å². The van der Waals surface area contributed by atoms with Gasteiger partial charge in [-0.1, -0.05) is 30.7 Å². The third-order valence-electron chi connectivity index (χ3n) is 2.15. The number of hydrogen-bond donors (Lipinski definition) is 0. The van der Waals surface area contributed by atoms with Gasteiger partial charge in [0.1, 0.15) is 0 Å². The summed E-state index contributed by atoms with van der Waals surface area (Å²) < 4.78 is 13.5. The number of carbonyl (C=O) groups excluding carboxylic acids is 2. The molecule has 0 aliphatic carbocycles. The maximum Gasteiger partial charge on any atom is 0.220 e. The van der Waals surface area contributed by atoms with Crippen LogP contribution < -0.4 is 0 Å². The predicted octanol–water partition coefficient (Wildman–Crippen LogP) is 3.23. The summed E-state index contributed by atoms with van der Waals surface area (Å²) in [5.74, 6) is -1.54. The minimum atomic E-state index is -2.10. The zero-order valence-corrected chi connectivity index (χ0v) is 9.63. The Morgan fingerprint density at radius 3 is 2.56 bits per heavy atom. The van der Waals surface area contributed by atoms with Crippen LogP contribution in [0.15, 0.2) is 24.3 Å². The van der Waals surface area contributed by atoms with Crippen molar-refractivity contribution in [3.63, 3.8) is 0 Å². The summed E-state index contributed by atoms with van der Waals surface area (Å²) in [6, 6.07) is 6.12. The highest BCUT2D eigenvalue weighted by molar-refractivity contribution is 6.34. The van der Waals surface area contributed by atoms with E-state index < -0.39 is 17.7 Å². The molecule has 1 aromatic carbocycles. The van der Waals surface area contributed by atoms with Gasteiger partial charge in [0.25, 0.3) is 0 Å². The number of halogens is 2. The molecule has 0 N–H and O–H groups in total. The van der Waals surface area contributed by atoms with Crippen LogP contribution in [0.3, 0.4) is 0 Å². The van der Waals surface area contributed by atoms with Crippen molar-refractivity contribution in [2.24, 2.45) is 0 Å². The Kier molecular flexibility index (Phi) is 4.62. The molecule has 1 unspecified atom stereocenters. The Hall–Kier alpha value is -1.22. The van der Waals surface area contributed by atoms with Crippen LogP contribution >= 0.6 is 11.6 Å². The van der Waals surface area contributed by atoms with E-state index in [1.807, 2.05) is 0 Å². The Morgan fingerprint density at radius 2 is 2.00 bits per heavy atom. The van der Waals surface area contributed by atoms with Crippen LogP contribution in [-0.2, 0) is 4.79 Å². The van der Waals surface area contributed by atoms with E-state index >= 15 is 0 Å². The monoisotopic (exact) mass is 242 g/mol. The van der Waals surface area contributed by atoms with Crippen LogP contribution in [0.5, 0.6) is 0 Å². The zero-order valence-electron chi connectivity index (χ0n) is 8.87. The minimum Gasteiger partial charge on any atom is -0.296 e. The summed E-state index contributed by atoms with van der Waals surface area (Å²) >= 11 is 5.75. The average Bonchev–Trinajstić information content (AvgIpc) is 2.28. The van der Waals surface area contributed by atoms with Crippen LogP contribution in [0, 0.1) is 0 Å².